The number of rotatable bonds is 1. The fourth-order valence-electron chi connectivity index (χ4n) is 3.43. The van der Waals surface area contributed by atoms with Crippen molar-refractivity contribution in [3.63, 3.8) is 0 Å². The number of benzene rings is 1. The molecular formula is C17H19F3N2O2. The van der Waals surface area contributed by atoms with Crippen LogP contribution in [-0.2, 0) is 0 Å². The number of hydrogen-bond acceptors (Lipinski definition) is 3. The van der Waals surface area contributed by atoms with Crippen LogP contribution in [0.15, 0.2) is 29.4 Å². The second-order valence-corrected chi connectivity index (χ2v) is 6.73. The monoisotopic (exact) mass is 340 g/mol. The number of amides is 1. The first-order valence-corrected chi connectivity index (χ1v) is 7.92. The average molecular weight is 340 g/mol. The summed E-state index contributed by atoms with van der Waals surface area (Å²) in [6, 6.07) is 6.16. The quantitative estimate of drug-likeness (QED) is 0.851. The van der Waals surface area contributed by atoms with Crippen molar-refractivity contribution in [1.82, 2.24) is 5.01 Å². The van der Waals surface area contributed by atoms with E-state index in [1.54, 1.807) is 12.1 Å². The van der Waals surface area contributed by atoms with Crippen molar-refractivity contribution in [3.05, 3.63) is 35.4 Å². The Kier molecular flexibility index (Phi) is 3.94. The maximum absolute atomic E-state index is 13.7. The molecule has 0 unspecified atom stereocenters. The van der Waals surface area contributed by atoms with E-state index >= 15 is 0 Å². The molecule has 0 saturated heterocycles. The highest BCUT2D eigenvalue weighted by Gasteiger charge is 2.68. The molecule has 1 N–H and O–H groups in total. The summed E-state index contributed by atoms with van der Waals surface area (Å²) >= 11 is 0. The fourth-order valence-corrected chi connectivity index (χ4v) is 3.43. The topological polar surface area (TPSA) is 52.9 Å². The van der Waals surface area contributed by atoms with Crippen LogP contribution in [0.4, 0.5) is 13.2 Å². The van der Waals surface area contributed by atoms with E-state index in [1.807, 2.05) is 13.8 Å². The first-order chi connectivity index (χ1) is 11.1. The third-order valence-corrected chi connectivity index (χ3v) is 4.88. The summed E-state index contributed by atoms with van der Waals surface area (Å²) < 4.78 is 41.1. The van der Waals surface area contributed by atoms with Crippen LogP contribution in [0.3, 0.4) is 0 Å². The van der Waals surface area contributed by atoms with E-state index in [1.165, 1.54) is 12.1 Å². The molecule has 4 nitrogen and oxygen atoms in total. The van der Waals surface area contributed by atoms with E-state index in [4.69, 9.17) is 0 Å². The van der Waals surface area contributed by atoms with Crippen LogP contribution < -0.4 is 0 Å². The van der Waals surface area contributed by atoms with Gasteiger partial charge in [0.05, 0.1) is 5.92 Å². The molecule has 0 spiro atoms. The third kappa shape index (κ3) is 2.51. The molecule has 130 valence electrons. The number of carbonyl (C=O) groups is 1. The molecule has 1 saturated carbocycles. The first-order valence-electron chi connectivity index (χ1n) is 7.92. The summed E-state index contributed by atoms with van der Waals surface area (Å²) in [6.07, 6.45) is -3.76. The number of hydrazone groups is 1. The second kappa shape index (κ2) is 5.58. The Hall–Kier alpha value is -1.89. The van der Waals surface area contributed by atoms with Crippen LogP contribution in [-0.4, -0.2) is 33.6 Å². The van der Waals surface area contributed by atoms with Gasteiger partial charge in [-0.05, 0) is 44.2 Å². The van der Waals surface area contributed by atoms with Crippen LogP contribution in [0.1, 0.15) is 42.1 Å². The number of halogens is 3. The van der Waals surface area contributed by atoms with Crippen molar-refractivity contribution in [1.29, 1.82) is 0 Å². The number of alkyl halides is 3. The van der Waals surface area contributed by atoms with Crippen molar-refractivity contribution in [2.24, 2.45) is 16.9 Å². The molecule has 1 aliphatic carbocycles. The van der Waals surface area contributed by atoms with Crippen molar-refractivity contribution in [2.75, 3.05) is 0 Å². The first kappa shape index (κ1) is 17.0. The molecular weight excluding hydrogens is 321 g/mol. The average Bonchev–Trinajstić information content (AvgIpc) is 2.81. The largest absolute Gasteiger partial charge is 0.439 e. The van der Waals surface area contributed by atoms with Crippen LogP contribution >= 0.6 is 0 Å². The van der Waals surface area contributed by atoms with E-state index in [2.05, 4.69) is 5.10 Å². The summed E-state index contributed by atoms with van der Waals surface area (Å²) in [5.41, 5.74) is -2.07. The van der Waals surface area contributed by atoms with Gasteiger partial charge in [0.25, 0.3) is 11.6 Å². The zero-order valence-electron chi connectivity index (χ0n) is 13.5. The van der Waals surface area contributed by atoms with E-state index in [0.29, 0.717) is 12.8 Å². The van der Waals surface area contributed by atoms with Gasteiger partial charge in [0.2, 0.25) is 0 Å². The molecule has 1 amide bonds. The van der Waals surface area contributed by atoms with Gasteiger partial charge in [0, 0.05) is 11.3 Å². The lowest BCUT2D eigenvalue weighted by molar-refractivity contribution is -0.313. The predicted molar refractivity (Wildman–Crippen MR) is 82.3 cm³/mol. The van der Waals surface area contributed by atoms with Gasteiger partial charge in [-0.1, -0.05) is 24.6 Å². The minimum Gasteiger partial charge on any atom is -0.362 e. The predicted octanol–water partition coefficient (Wildman–Crippen LogP) is 3.49. The normalized spacial score (nSPS) is 30.1. The number of nitrogens with zero attached hydrogens (tertiary/aromatic N) is 2. The van der Waals surface area contributed by atoms with Crippen molar-refractivity contribution >= 4 is 11.6 Å². The zero-order chi connectivity index (χ0) is 17.7. The molecule has 1 fully saturated rings. The molecule has 24 heavy (non-hydrogen) atoms. The lowest BCUT2D eigenvalue weighted by Gasteiger charge is -2.39. The third-order valence-electron chi connectivity index (χ3n) is 4.88. The Bertz CT molecular complexity index is 684. The van der Waals surface area contributed by atoms with Gasteiger partial charge < -0.3 is 5.11 Å². The molecule has 0 radical (unpaired) electrons. The van der Waals surface area contributed by atoms with Crippen molar-refractivity contribution < 1.29 is 23.1 Å². The van der Waals surface area contributed by atoms with Gasteiger partial charge in [0.15, 0.2) is 0 Å². The van der Waals surface area contributed by atoms with Gasteiger partial charge in [-0.15, -0.1) is 0 Å². The number of aryl methyl sites for hydroxylation is 1. The van der Waals surface area contributed by atoms with E-state index in [0.717, 1.165) is 5.56 Å². The highest BCUT2D eigenvalue weighted by Crippen LogP contribution is 2.49. The summed E-state index contributed by atoms with van der Waals surface area (Å²) in [4.78, 5) is 12.6. The molecule has 3 atom stereocenters. The number of hydrogen-bond donors (Lipinski definition) is 1. The van der Waals surface area contributed by atoms with Crippen LogP contribution in [0.2, 0.25) is 0 Å². The molecule has 0 bridgehead atoms. The Balaban J connectivity index is 2.03. The van der Waals surface area contributed by atoms with E-state index in [-0.39, 0.29) is 28.6 Å². The minimum absolute atomic E-state index is 0.0391. The number of carbonyl (C=O) groups excluding carboxylic acids is 1. The van der Waals surface area contributed by atoms with Crippen molar-refractivity contribution in [2.45, 2.75) is 45.0 Å². The van der Waals surface area contributed by atoms with Crippen molar-refractivity contribution in [3.8, 4) is 0 Å². The summed E-state index contributed by atoms with van der Waals surface area (Å²) in [6.45, 7) is 3.66. The Morgan fingerprint density at radius 1 is 1.33 bits per heavy atom. The molecule has 3 rings (SSSR count). The molecule has 7 heteroatoms. The highest BCUT2D eigenvalue weighted by molar-refractivity contribution is 5.99. The summed E-state index contributed by atoms with van der Waals surface area (Å²) in [7, 11) is 0. The van der Waals surface area contributed by atoms with Gasteiger partial charge in [-0.25, -0.2) is 0 Å². The fraction of sp³-hybridized carbons (Fsp3) is 0.529. The number of fused-ring (bicyclic) bond motifs is 1. The Labute approximate surface area is 138 Å². The molecule has 0 aromatic heterocycles. The summed E-state index contributed by atoms with van der Waals surface area (Å²) in [5.74, 6) is -2.10. The maximum Gasteiger partial charge on any atom is 0.439 e. The standard InChI is InChI=1S/C17H19F3N2O2/c1-10-3-6-12(7-4-10)15(23)22-16(24,17(18,19)20)13-9-11(2)5-8-14(13)21-22/h3-4,6-7,11,13,24H,5,8-9H2,1-2H3/t11-,13-,16+/m1/s1. The lowest BCUT2D eigenvalue weighted by atomic mass is 9.76. The van der Waals surface area contributed by atoms with Gasteiger partial charge in [-0.2, -0.15) is 23.3 Å². The maximum atomic E-state index is 13.7. The van der Waals surface area contributed by atoms with E-state index in [9.17, 15) is 23.1 Å². The minimum atomic E-state index is -4.99. The highest BCUT2D eigenvalue weighted by atomic mass is 19.4. The van der Waals surface area contributed by atoms with Gasteiger partial charge in [-0.3, -0.25) is 4.79 Å². The molecule has 2 aliphatic rings. The molecule has 1 heterocycles. The van der Waals surface area contributed by atoms with Crippen LogP contribution in [0.25, 0.3) is 0 Å². The van der Waals surface area contributed by atoms with E-state index < -0.39 is 23.7 Å². The molecule has 1 aromatic rings. The smallest absolute Gasteiger partial charge is 0.362 e. The SMILES string of the molecule is Cc1ccc(C(=O)N2N=C3CC[C@@H](C)C[C@H]3[C@]2(O)C(F)(F)F)cc1. The Morgan fingerprint density at radius 2 is 1.96 bits per heavy atom. The summed E-state index contributed by atoms with van der Waals surface area (Å²) in [5, 5.41) is 14.7. The van der Waals surface area contributed by atoms with Gasteiger partial charge >= 0.3 is 6.18 Å². The molecule has 1 aromatic carbocycles. The Morgan fingerprint density at radius 3 is 2.54 bits per heavy atom. The lowest BCUT2D eigenvalue weighted by Crippen LogP contribution is -2.61. The van der Waals surface area contributed by atoms with Crippen LogP contribution in [0, 0.1) is 18.8 Å². The number of aliphatic hydroxyl groups is 1. The molecule has 1 aliphatic heterocycles. The van der Waals surface area contributed by atoms with Crippen LogP contribution in [0.5, 0.6) is 0 Å². The zero-order valence-corrected chi connectivity index (χ0v) is 13.5. The van der Waals surface area contributed by atoms with Gasteiger partial charge in [0.1, 0.15) is 0 Å². The second-order valence-electron chi connectivity index (χ2n) is 6.73.